The smallest absolute Gasteiger partial charge is 0.226 e. The van der Waals surface area contributed by atoms with Crippen LogP contribution >= 0.6 is 11.6 Å². The third kappa shape index (κ3) is 4.72. The van der Waals surface area contributed by atoms with Gasteiger partial charge in [0.2, 0.25) is 5.91 Å². The molecule has 3 nitrogen and oxygen atoms in total. The van der Waals surface area contributed by atoms with Crippen molar-refractivity contribution in [3.63, 3.8) is 0 Å². The summed E-state index contributed by atoms with van der Waals surface area (Å²) < 4.78 is 0. The summed E-state index contributed by atoms with van der Waals surface area (Å²) >= 11 is 6.03. The maximum atomic E-state index is 12.6. The minimum atomic E-state index is -0.437. The fourth-order valence-electron chi connectivity index (χ4n) is 2.98. The molecule has 122 valence electrons. The van der Waals surface area contributed by atoms with Crippen LogP contribution in [-0.4, -0.2) is 25.5 Å². The van der Waals surface area contributed by atoms with Gasteiger partial charge in [-0.1, -0.05) is 44.5 Å². The fourth-order valence-corrected chi connectivity index (χ4v) is 3.19. The molecular weight excluding hydrogens is 296 g/mol. The van der Waals surface area contributed by atoms with Crippen molar-refractivity contribution in [2.75, 3.05) is 19.6 Å². The number of carbonyl (C=O) groups excluding carboxylic acids is 1. The van der Waals surface area contributed by atoms with Gasteiger partial charge in [-0.15, -0.1) is 0 Å². The number of piperidine rings is 1. The highest BCUT2D eigenvalue weighted by Crippen LogP contribution is 2.28. The lowest BCUT2D eigenvalue weighted by Crippen LogP contribution is -2.46. The zero-order valence-corrected chi connectivity index (χ0v) is 14.6. The van der Waals surface area contributed by atoms with Crippen LogP contribution in [0.3, 0.4) is 0 Å². The molecule has 1 saturated heterocycles. The normalized spacial score (nSPS) is 18.0. The Bertz CT molecular complexity index is 522. The third-order valence-electron chi connectivity index (χ3n) is 4.64. The summed E-state index contributed by atoms with van der Waals surface area (Å²) in [5.74, 6) is 0.118. The van der Waals surface area contributed by atoms with Crippen molar-refractivity contribution < 1.29 is 4.79 Å². The molecule has 4 heteroatoms. The first kappa shape index (κ1) is 17.3. The monoisotopic (exact) mass is 322 g/mol. The number of carbonyl (C=O) groups is 1. The lowest BCUT2D eigenvalue weighted by atomic mass is 9.80. The predicted octanol–water partition coefficient (Wildman–Crippen LogP) is 3.41. The van der Waals surface area contributed by atoms with Crippen molar-refractivity contribution in [1.29, 1.82) is 0 Å². The quantitative estimate of drug-likeness (QED) is 0.872. The number of nitrogens with one attached hydrogen (secondary N) is 2. The average Bonchev–Trinajstić information content (AvgIpc) is 2.45. The predicted molar refractivity (Wildman–Crippen MR) is 92.2 cm³/mol. The highest BCUT2D eigenvalue weighted by Gasteiger charge is 2.31. The van der Waals surface area contributed by atoms with Crippen LogP contribution in [0.15, 0.2) is 24.3 Å². The van der Waals surface area contributed by atoms with Gasteiger partial charge in [-0.2, -0.15) is 0 Å². The summed E-state index contributed by atoms with van der Waals surface area (Å²) in [6, 6.07) is 7.75. The van der Waals surface area contributed by atoms with E-state index in [2.05, 4.69) is 17.6 Å². The van der Waals surface area contributed by atoms with Gasteiger partial charge in [0.25, 0.3) is 0 Å². The van der Waals surface area contributed by atoms with E-state index in [1.54, 1.807) is 0 Å². The summed E-state index contributed by atoms with van der Waals surface area (Å²) in [5, 5.41) is 7.26. The molecule has 1 aromatic rings. The van der Waals surface area contributed by atoms with E-state index in [4.69, 9.17) is 11.6 Å². The summed E-state index contributed by atoms with van der Waals surface area (Å²) in [6.07, 6.45) is 2.92. The van der Waals surface area contributed by atoms with Crippen LogP contribution < -0.4 is 10.6 Å². The molecule has 1 heterocycles. The number of hydrogen-bond acceptors (Lipinski definition) is 2. The summed E-state index contributed by atoms with van der Waals surface area (Å²) in [5.41, 5.74) is 0.877. The van der Waals surface area contributed by atoms with E-state index in [0.717, 1.165) is 43.1 Å². The van der Waals surface area contributed by atoms with E-state index >= 15 is 0 Å². The van der Waals surface area contributed by atoms with Gasteiger partial charge in [-0.25, -0.2) is 0 Å². The Hall–Kier alpha value is -1.06. The van der Waals surface area contributed by atoms with Crippen LogP contribution in [0, 0.1) is 10.8 Å². The fraction of sp³-hybridized carbons (Fsp3) is 0.611. The topological polar surface area (TPSA) is 41.1 Å². The van der Waals surface area contributed by atoms with Crippen molar-refractivity contribution in [3.8, 4) is 0 Å². The Balaban J connectivity index is 1.92. The molecule has 0 saturated carbocycles. The van der Waals surface area contributed by atoms with E-state index in [9.17, 15) is 4.79 Å². The highest BCUT2D eigenvalue weighted by molar-refractivity contribution is 6.30. The van der Waals surface area contributed by atoms with Gasteiger partial charge in [-0.3, -0.25) is 4.79 Å². The molecule has 1 aliphatic rings. The summed E-state index contributed by atoms with van der Waals surface area (Å²) in [7, 11) is 0. The van der Waals surface area contributed by atoms with Gasteiger partial charge in [0.15, 0.2) is 0 Å². The Kier molecular flexibility index (Phi) is 5.51. The molecule has 0 atom stereocenters. The molecule has 1 amide bonds. The molecule has 2 N–H and O–H groups in total. The van der Waals surface area contributed by atoms with Crippen molar-refractivity contribution in [1.82, 2.24) is 10.6 Å². The first-order valence-electron chi connectivity index (χ1n) is 8.04. The second-order valence-corrected chi connectivity index (χ2v) is 7.87. The van der Waals surface area contributed by atoms with Gasteiger partial charge in [0.05, 0.1) is 0 Å². The van der Waals surface area contributed by atoms with Crippen LogP contribution in [0.4, 0.5) is 0 Å². The standard InChI is InChI=1S/C18H27ClN2O/c1-17(2,12-14-5-4-6-15(19)11-14)16(22)21-13-18(3)7-9-20-10-8-18/h4-6,11,20H,7-10,12-13H2,1-3H3,(H,21,22). The Morgan fingerprint density at radius 1 is 1.36 bits per heavy atom. The number of amides is 1. The van der Waals surface area contributed by atoms with Crippen molar-refractivity contribution >= 4 is 17.5 Å². The number of rotatable bonds is 5. The highest BCUT2D eigenvalue weighted by atomic mass is 35.5. The first-order chi connectivity index (χ1) is 10.3. The lowest BCUT2D eigenvalue weighted by Gasteiger charge is -2.35. The first-order valence-corrected chi connectivity index (χ1v) is 8.42. The van der Waals surface area contributed by atoms with Gasteiger partial charge in [-0.05, 0) is 55.5 Å². The Labute approximate surface area is 138 Å². The van der Waals surface area contributed by atoms with Crippen LogP contribution in [0.25, 0.3) is 0 Å². The lowest BCUT2D eigenvalue weighted by molar-refractivity contribution is -0.129. The number of halogens is 1. The maximum absolute atomic E-state index is 12.6. The maximum Gasteiger partial charge on any atom is 0.226 e. The van der Waals surface area contributed by atoms with Crippen molar-refractivity contribution in [3.05, 3.63) is 34.9 Å². The molecule has 0 aromatic heterocycles. The number of benzene rings is 1. The molecule has 0 bridgehead atoms. The average molecular weight is 323 g/mol. The second kappa shape index (κ2) is 7.01. The molecule has 22 heavy (non-hydrogen) atoms. The van der Waals surface area contributed by atoms with E-state index in [1.807, 2.05) is 38.1 Å². The molecule has 0 radical (unpaired) electrons. The molecule has 0 unspecified atom stereocenters. The minimum Gasteiger partial charge on any atom is -0.355 e. The minimum absolute atomic E-state index is 0.118. The molecule has 2 rings (SSSR count). The molecule has 1 aliphatic heterocycles. The van der Waals surface area contributed by atoms with Gasteiger partial charge < -0.3 is 10.6 Å². The van der Waals surface area contributed by atoms with Gasteiger partial charge in [0.1, 0.15) is 0 Å². The molecule has 1 aromatic carbocycles. The van der Waals surface area contributed by atoms with E-state index in [1.165, 1.54) is 0 Å². The van der Waals surface area contributed by atoms with Crippen LogP contribution in [0.5, 0.6) is 0 Å². The molecule has 0 spiro atoms. The van der Waals surface area contributed by atoms with E-state index in [-0.39, 0.29) is 11.3 Å². The van der Waals surface area contributed by atoms with Crippen molar-refractivity contribution in [2.24, 2.45) is 10.8 Å². The number of hydrogen-bond donors (Lipinski definition) is 2. The van der Waals surface area contributed by atoms with Crippen LogP contribution in [-0.2, 0) is 11.2 Å². The van der Waals surface area contributed by atoms with Crippen LogP contribution in [0.2, 0.25) is 5.02 Å². The molecule has 0 aliphatic carbocycles. The summed E-state index contributed by atoms with van der Waals surface area (Å²) in [6.45, 7) is 9.09. The molecular formula is C18H27ClN2O. The van der Waals surface area contributed by atoms with Gasteiger partial charge in [0, 0.05) is 17.0 Å². The zero-order valence-electron chi connectivity index (χ0n) is 13.8. The zero-order chi connectivity index (χ0) is 16.2. The Morgan fingerprint density at radius 3 is 2.68 bits per heavy atom. The van der Waals surface area contributed by atoms with E-state index < -0.39 is 5.41 Å². The van der Waals surface area contributed by atoms with Gasteiger partial charge >= 0.3 is 0 Å². The molecule has 1 fully saturated rings. The SMILES string of the molecule is CC1(CNC(=O)C(C)(C)Cc2cccc(Cl)c2)CCNCC1. The van der Waals surface area contributed by atoms with Crippen molar-refractivity contribution in [2.45, 2.75) is 40.0 Å². The largest absolute Gasteiger partial charge is 0.355 e. The summed E-state index contributed by atoms with van der Waals surface area (Å²) in [4.78, 5) is 12.6. The second-order valence-electron chi connectivity index (χ2n) is 7.43. The van der Waals surface area contributed by atoms with E-state index in [0.29, 0.717) is 6.42 Å². The van der Waals surface area contributed by atoms with Crippen LogP contribution in [0.1, 0.15) is 39.2 Å². The Morgan fingerprint density at radius 2 is 2.05 bits per heavy atom. The third-order valence-corrected chi connectivity index (χ3v) is 4.87.